The second kappa shape index (κ2) is 6.98. The molecule has 0 spiro atoms. The van der Waals surface area contributed by atoms with E-state index in [0.29, 0.717) is 17.0 Å². The minimum atomic E-state index is -0.0436. The smallest absolute Gasteiger partial charge is 0.172 e. The molecule has 0 bridgehead atoms. The summed E-state index contributed by atoms with van der Waals surface area (Å²) in [4.78, 5) is 20.7. The fourth-order valence-electron chi connectivity index (χ4n) is 2.96. The van der Waals surface area contributed by atoms with Crippen LogP contribution in [-0.4, -0.2) is 44.6 Å². The van der Waals surface area contributed by atoms with Gasteiger partial charge in [-0.1, -0.05) is 6.07 Å². The van der Waals surface area contributed by atoms with Gasteiger partial charge < -0.3 is 10.1 Å². The molecule has 1 aliphatic rings. The normalized spacial score (nSPS) is 17.0. The fraction of sp³-hybridized carbons (Fsp3) is 0.333. The van der Waals surface area contributed by atoms with E-state index in [2.05, 4.69) is 20.4 Å². The van der Waals surface area contributed by atoms with Gasteiger partial charge in [0.05, 0.1) is 12.5 Å². The van der Waals surface area contributed by atoms with E-state index in [0.717, 1.165) is 31.8 Å². The molecule has 0 saturated carbocycles. The van der Waals surface area contributed by atoms with Gasteiger partial charge in [-0.15, -0.1) is 5.10 Å². The molecule has 3 aromatic rings. The van der Waals surface area contributed by atoms with Gasteiger partial charge in [-0.2, -0.15) is 4.52 Å². The molecular weight excluding hydrogens is 318 g/mol. The van der Waals surface area contributed by atoms with Crippen LogP contribution in [0.25, 0.3) is 5.65 Å². The van der Waals surface area contributed by atoms with Crippen LogP contribution in [0.15, 0.2) is 42.7 Å². The maximum absolute atomic E-state index is 12.3. The number of ketones is 1. The summed E-state index contributed by atoms with van der Waals surface area (Å²) < 4.78 is 7.37. The van der Waals surface area contributed by atoms with Crippen molar-refractivity contribution in [2.75, 3.05) is 18.5 Å². The Bertz CT molecular complexity index is 872. The first-order valence-corrected chi connectivity index (χ1v) is 8.43. The Balaban J connectivity index is 1.51. The molecular formula is C18H19N5O2. The Kier molecular flexibility index (Phi) is 4.39. The topological polar surface area (TPSA) is 81.4 Å². The highest BCUT2D eigenvalue weighted by Gasteiger charge is 2.16. The average molecular weight is 337 g/mol. The number of hydrogen-bond donors (Lipinski definition) is 1. The average Bonchev–Trinajstić information content (AvgIpc) is 3.30. The Morgan fingerprint density at radius 2 is 2.28 bits per heavy atom. The predicted molar refractivity (Wildman–Crippen MR) is 92.7 cm³/mol. The summed E-state index contributed by atoms with van der Waals surface area (Å²) in [7, 11) is 0. The number of pyridine rings is 2. The molecule has 1 unspecified atom stereocenters. The number of anilines is 1. The maximum Gasteiger partial charge on any atom is 0.172 e. The Hall–Kier alpha value is -2.80. The summed E-state index contributed by atoms with van der Waals surface area (Å²) in [6, 6.07) is 9.25. The zero-order chi connectivity index (χ0) is 17.1. The minimum Gasteiger partial charge on any atom is -0.376 e. The van der Waals surface area contributed by atoms with Crippen molar-refractivity contribution in [1.29, 1.82) is 0 Å². The maximum atomic E-state index is 12.3. The molecule has 1 saturated heterocycles. The van der Waals surface area contributed by atoms with E-state index in [1.54, 1.807) is 29.0 Å². The standard InChI is InChI=1S/C18H19N5O2/c24-15(13-4-2-8-19-11-13)10-16-21-18-7-1-6-17(23(18)22-16)20-12-14-5-3-9-25-14/h1-2,4,6-8,11,14,20H,3,5,9-10,12H2. The lowest BCUT2D eigenvalue weighted by Crippen LogP contribution is -2.19. The molecule has 4 rings (SSSR count). The molecule has 7 heteroatoms. The molecule has 1 atom stereocenters. The monoisotopic (exact) mass is 337 g/mol. The third-order valence-corrected chi connectivity index (χ3v) is 4.24. The molecule has 128 valence electrons. The largest absolute Gasteiger partial charge is 0.376 e. The van der Waals surface area contributed by atoms with E-state index in [4.69, 9.17) is 4.74 Å². The SMILES string of the molecule is O=C(Cc1nc2cccc(NCC3CCCO3)n2n1)c1cccnc1. The van der Waals surface area contributed by atoms with Gasteiger partial charge in [0.1, 0.15) is 5.82 Å². The number of carbonyl (C=O) groups excluding carboxylic acids is 1. The second-order valence-corrected chi connectivity index (χ2v) is 6.07. The van der Waals surface area contributed by atoms with Crippen LogP contribution >= 0.6 is 0 Å². The van der Waals surface area contributed by atoms with E-state index in [9.17, 15) is 4.79 Å². The van der Waals surface area contributed by atoms with Crippen molar-refractivity contribution >= 4 is 17.2 Å². The van der Waals surface area contributed by atoms with E-state index in [-0.39, 0.29) is 18.3 Å². The molecule has 7 nitrogen and oxygen atoms in total. The summed E-state index contributed by atoms with van der Waals surface area (Å²) in [5.74, 6) is 1.30. The zero-order valence-corrected chi connectivity index (χ0v) is 13.8. The van der Waals surface area contributed by atoms with Gasteiger partial charge in [-0.3, -0.25) is 9.78 Å². The van der Waals surface area contributed by atoms with Crippen LogP contribution in [0.3, 0.4) is 0 Å². The van der Waals surface area contributed by atoms with Crippen molar-refractivity contribution in [3.63, 3.8) is 0 Å². The van der Waals surface area contributed by atoms with Gasteiger partial charge in [0.15, 0.2) is 17.3 Å². The quantitative estimate of drug-likeness (QED) is 0.694. The predicted octanol–water partition coefficient (Wildman–Crippen LogP) is 2.14. The minimum absolute atomic E-state index is 0.0436. The van der Waals surface area contributed by atoms with Gasteiger partial charge in [-0.25, -0.2) is 4.98 Å². The lowest BCUT2D eigenvalue weighted by molar-refractivity contribution is 0.0990. The van der Waals surface area contributed by atoms with E-state index in [1.165, 1.54) is 0 Å². The summed E-state index contributed by atoms with van der Waals surface area (Å²) in [5, 5.41) is 7.85. The molecule has 0 amide bonds. The van der Waals surface area contributed by atoms with Gasteiger partial charge in [0.25, 0.3) is 0 Å². The second-order valence-electron chi connectivity index (χ2n) is 6.07. The van der Waals surface area contributed by atoms with Gasteiger partial charge in [0.2, 0.25) is 0 Å². The van der Waals surface area contributed by atoms with Gasteiger partial charge in [-0.05, 0) is 37.1 Å². The highest BCUT2D eigenvalue weighted by Crippen LogP contribution is 2.15. The zero-order valence-electron chi connectivity index (χ0n) is 13.8. The van der Waals surface area contributed by atoms with Gasteiger partial charge in [0, 0.05) is 31.1 Å². The lowest BCUT2D eigenvalue weighted by atomic mass is 10.1. The van der Waals surface area contributed by atoms with Crippen molar-refractivity contribution in [2.45, 2.75) is 25.4 Å². The van der Waals surface area contributed by atoms with Crippen molar-refractivity contribution in [3.05, 3.63) is 54.1 Å². The Morgan fingerprint density at radius 1 is 1.32 bits per heavy atom. The summed E-state index contributed by atoms with van der Waals surface area (Å²) >= 11 is 0. The van der Waals surface area contributed by atoms with Crippen molar-refractivity contribution in [3.8, 4) is 0 Å². The van der Waals surface area contributed by atoms with Crippen LogP contribution in [0.1, 0.15) is 29.0 Å². The van der Waals surface area contributed by atoms with E-state index in [1.807, 2.05) is 18.2 Å². The van der Waals surface area contributed by atoms with Gasteiger partial charge >= 0.3 is 0 Å². The highest BCUT2D eigenvalue weighted by atomic mass is 16.5. The van der Waals surface area contributed by atoms with Crippen LogP contribution in [0.2, 0.25) is 0 Å². The summed E-state index contributed by atoms with van der Waals surface area (Å²) in [5.41, 5.74) is 1.28. The molecule has 4 heterocycles. The molecule has 3 aromatic heterocycles. The van der Waals surface area contributed by atoms with Crippen LogP contribution in [0.4, 0.5) is 5.82 Å². The summed E-state index contributed by atoms with van der Waals surface area (Å²) in [6.45, 7) is 1.57. The number of hydrogen-bond acceptors (Lipinski definition) is 6. The number of fused-ring (bicyclic) bond motifs is 1. The molecule has 0 radical (unpaired) electrons. The van der Waals surface area contributed by atoms with Crippen molar-refractivity contribution in [1.82, 2.24) is 19.6 Å². The van der Waals surface area contributed by atoms with Crippen LogP contribution in [0, 0.1) is 0 Å². The van der Waals surface area contributed by atoms with E-state index < -0.39 is 0 Å². The molecule has 25 heavy (non-hydrogen) atoms. The van der Waals surface area contributed by atoms with Crippen molar-refractivity contribution < 1.29 is 9.53 Å². The van der Waals surface area contributed by atoms with Crippen molar-refractivity contribution in [2.24, 2.45) is 0 Å². The molecule has 1 aliphatic heterocycles. The lowest BCUT2D eigenvalue weighted by Gasteiger charge is -2.12. The Morgan fingerprint density at radius 3 is 3.08 bits per heavy atom. The molecule has 0 aromatic carbocycles. The first kappa shape index (κ1) is 15.7. The van der Waals surface area contributed by atoms with Crippen LogP contribution < -0.4 is 5.32 Å². The number of nitrogens with zero attached hydrogens (tertiary/aromatic N) is 4. The fourth-order valence-corrected chi connectivity index (χ4v) is 2.96. The number of rotatable bonds is 6. The third kappa shape index (κ3) is 3.51. The summed E-state index contributed by atoms with van der Waals surface area (Å²) in [6.07, 6.45) is 5.79. The first-order valence-electron chi connectivity index (χ1n) is 8.43. The molecule has 1 fully saturated rings. The number of nitrogens with one attached hydrogen (secondary N) is 1. The number of carbonyl (C=O) groups is 1. The van der Waals surface area contributed by atoms with E-state index >= 15 is 0 Å². The first-order chi connectivity index (χ1) is 12.3. The van der Waals surface area contributed by atoms with Crippen LogP contribution in [-0.2, 0) is 11.2 Å². The molecule has 0 aliphatic carbocycles. The molecule has 1 N–H and O–H groups in total. The number of Topliss-reactive ketones (excluding diaryl/α,β-unsaturated/α-hetero) is 1. The number of aromatic nitrogens is 4. The Labute approximate surface area is 145 Å². The van der Waals surface area contributed by atoms with Crippen LogP contribution in [0.5, 0.6) is 0 Å². The third-order valence-electron chi connectivity index (χ3n) is 4.24. The number of ether oxygens (including phenoxy) is 1. The highest BCUT2D eigenvalue weighted by molar-refractivity contribution is 5.96.